The lowest BCUT2D eigenvalue weighted by molar-refractivity contribution is -0.124. The maximum Gasteiger partial charge on any atom is 0.406 e. The summed E-state index contributed by atoms with van der Waals surface area (Å²) in [6, 6.07) is 0. The van der Waals surface area contributed by atoms with Gasteiger partial charge >= 0.3 is 6.09 Å². The first-order chi connectivity index (χ1) is 5.60. The van der Waals surface area contributed by atoms with Crippen molar-refractivity contribution in [2.24, 2.45) is 11.1 Å². The molecule has 1 aliphatic rings. The van der Waals surface area contributed by atoms with E-state index in [2.05, 4.69) is 5.32 Å². The molecule has 1 aliphatic carbocycles. The van der Waals surface area contributed by atoms with Gasteiger partial charge in [0.2, 0.25) is 5.91 Å². The maximum absolute atomic E-state index is 10.8. The summed E-state index contributed by atoms with van der Waals surface area (Å²) in [4.78, 5) is 21.4. The Labute approximate surface area is 70.2 Å². The zero-order valence-electron chi connectivity index (χ0n) is 6.92. The highest BCUT2D eigenvalue weighted by Crippen LogP contribution is 2.45. The quantitative estimate of drug-likeness (QED) is 0.608. The van der Waals surface area contributed by atoms with Gasteiger partial charge in [-0.25, -0.2) is 4.79 Å². The first kappa shape index (κ1) is 8.83. The Morgan fingerprint density at radius 1 is 1.58 bits per heavy atom. The van der Waals surface area contributed by atoms with Gasteiger partial charge in [-0.1, -0.05) is 0 Å². The summed E-state index contributed by atoms with van der Waals surface area (Å²) >= 11 is 0. The van der Waals surface area contributed by atoms with Crippen LogP contribution in [0.5, 0.6) is 0 Å². The molecule has 0 spiro atoms. The first-order valence-corrected chi connectivity index (χ1v) is 3.75. The molecule has 0 bridgehead atoms. The molecule has 0 unspecified atom stereocenters. The van der Waals surface area contributed by atoms with Crippen LogP contribution in [-0.2, 0) is 9.53 Å². The van der Waals surface area contributed by atoms with Crippen molar-refractivity contribution in [1.29, 1.82) is 0 Å². The molecule has 1 saturated carbocycles. The van der Waals surface area contributed by atoms with Crippen LogP contribution < -0.4 is 11.1 Å². The monoisotopic (exact) mass is 172 g/mol. The lowest BCUT2D eigenvalue weighted by Gasteiger charge is -2.10. The molecule has 0 heterocycles. The van der Waals surface area contributed by atoms with E-state index in [0.717, 1.165) is 12.8 Å². The number of alkyl carbamates (subject to hydrolysis) is 1. The van der Waals surface area contributed by atoms with Crippen molar-refractivity contribution < 1.29 is 14.3 Å². The summed E-state index contributed by atoms with van der Waals surface area (Å²) in [6.07, 6.45) is 0.918. The number of amides is 2. The van der Waals surface area contributed by atoms with E-state index in [0.29, 0.717) is 0 Å². The number of hydrogen-bond acceptors (Lipinski definition) is 3. The molecule has 0 aliphatic heterocycles. The minimum absolute atomic E-state index is 0.0992. The number of carbonyl (C=O) groups excluding carboxylic acids is 2. The predicted octanol–water partition coefficient (Wildman–Crippen LogP) is -0.392. The van der Waals surface area contributed by atoms with E-state index < -0.39 is 11.5 Å². The van der Waals surface area contributed by atoms with E-state index in [4.69, 9.17) is 10.5 Å². The molecule has 3 N–H and O–H groups in total. The SMILES string of the molecule is CNC(=O)OCC1(C(N)=O)CC1. The van der Waals surface area contributed by atoms with Crippen LogP contribution in [0.4, 0.5) is 4.79 Å². The van der Waals surface area contributed by atoms with Crippen LogP contribution in [-0.4, -0.2) is 25.7 Å². The Morgan fingerprint density at radius 2 is 2.17 bits per heavy atom. The van der Waals surface area contributed by atoms with Crippen LogP contribution in [0.15, 0.2) is 0 Å². The standard InChI is InChI=1S/C7H12N2O3/c1-9-6(11)12-4-7(2-3-7)5(8)10/h2-4H2,1H3,(H2,8,10)(H,9,11). The number of hydrogen-bond donors (Lipinski definition) is 2. The van der Waals surface area contributed by atoms with E-state index in [-0.39, 0.29) is 12.5 Å². The second kappa shape index (κ2) is 3.00. The van der Waals surface area contributed by atoms with Gasteiger partial charge < -0.3 is 15.8 Å². The third-order valence-corrected chi connectivity index (χ3v) is 2.06. The number of primary amides is 1. The lowest BCUT2D eigenvalue weighted by atomic mass is 10.1. The van der Waals surface area contributed by atoms with Crippen molar-refractivity contribution in [3.8, 4) is 0 Å². The number of nitrogens with two attached hydrogens (primary N) is 1. The van der Waals surface area contributed by atoms with Gasteiger partial charge in [-0.2, -0.15) is 0 Å². The van der Waals surface area contributed by atoms with Gasteiger partial charge in [0.15, 0.2) is 0 Å². The van der Waals surface area contributed by atoms with Gasteiger partial charge in [0.05, 0.1) is 5.41 Å². The van der Waals surface area contributed by atoms with Crippen LogP contribution in [0.3, 0.4) is 0 Å². The molecular weight excluding hydrogens is 160 g/mol. The van der Waals surface area contributed by atoms with E-state index >= 15 is 0 Å². The molecule has 0 aromatic heterocycles. The molecule has 5 heteroatoms. The molecule has 0 radical (unpaired) electrons. The van der Waals surface area contributed by atoms with Gasteiger partial charge in [-0.05, 0) is 12.8 Å². The van der Waals surface area contributed by atoms with Gasteiger partial charge in [0, 0.05) is 7.05 Å². The Hall–Kier alpha value is -1.26. The van der Waals surface area contributed by atoms with Gasteiger partial charge in [0.1, 0.15) is 6.61 Å². The summed E-state index contributed by atoms with van der Waals surface area (Å²) in [5.41, 5.74) is 4.55. The molecule has 1 fully saturated rings. The van der Waals surface area contributed by atoms with Crippen LogP contribution >= 0.6 is 0 Å². The summed E-state index contributed by atoms with van der Waals surface area (Å²) in [5.74, 6) is -0.383. The van der Waals surface area contributed by atoms with Crippen molar-refractivity contribution in [3.05, 3.63) is 0 Å². The van der Waals surface area contributed by atoms with Crippen molar-refractivity contribution in [2.75, 3.05) is 13.7 Å². The fourth-order valence-electron chi connectivity index (χ4n) is 0.889. The van der Waals surface area contributed by atoms with Crippen LogP contribution in [0.2, 0.25) is 0 Å². The highest BCUT2D eigenvalue weighted by Gasteiger charge is 2.49. The fourth-order valence-corrected chi connectivity index (χ4v) is 0.889. The third-order valence-electron chi connectivity index (χ3n) is 2.06. The number of carbonyl (C=O) groups is 2. The van der Waals surface area contributed by atoms with Crippen LogP contribution in [0, 0.1) is 5.41 Å². The average molecular weight is 172 g/mol. The van der Waals surface area contributed by atoms with Crippen molar-refractivity contribution >= 4 is 12.0 Å². The van der Waals surface area contributed by atoms with E-state index in [1.54, 1.807) is 0 Å². The van der Waals surface area contributed by atoms with E-state index in [9.17, 15) is 9.59 Å². The molecule has 0 saturated heterocycles. The third kappa shape index (κ3) is 1.66. The second-order valence-electron chi connectivity index (χ2n) is 2.97. The van der Waals surface area contributed by atoms with E-state index in [1.165, 1.54) is 7.05 Å². The maximum atomic E-state index is 10.8. The summed E-state index contributed by atoms with van der Waals surface area (Å²) in [7, 11) is 1.46. The Bertz CT molecular complexity index is 211. The van der Waals surface area contributed by atoms with E-state index in [1.807, 2.05) is 0 Å². The minimum Gasteiger partial charge on any atom is -0.448 e. The van der Waals surface area contributed by atoms with Crippen molar-refractivity contribution in [2.45, 2.75) is 12.8 Å². The fraction of sp³-hybridized carbons (Fsp3) is 0.714. The molecule has 0 atom stereocenters. The zero-order chi connectivity index (χ0) is 9.19. The molecule has 68 valence electrons. The Balaban J connectivity index is 2.32. The second-order valence-corrected chi connectivity index (χ2v) is 2.97. The Kier molecular flexibility index (Phi) is 2.21. The number of nitrogens with one attached hydrogen (secondary N) is 1. The van der Waals surface area contributed by atoms with Gasteiger partial charge in [-0.15, -0.1) is 0 Å². The largest absolute Gasteiger partial charge is 0.448 e. The molecule has 0 aromatic carbocycles. The normalized spacial score (nSPS) is 18.1. The topological polar surface area (TPSA) is 81.4 Å². The predicted molar refractivity (Wildman–Crippen MR) is 41.3 cm³/mol. The number of ether oxygens (including phenoxy) is 1. The van der Waals surface area contributed by atoms with Crippen molar-refractivity contribution in [3.63, 3.8) is 0 Å². The zero-order valence-corrected chi connectivity index (χ0v) is 6.92. The van der Waals surface area contributed by atoms with Crippen LogP contribution in [0.1, 0.15) is 12.8 Å². The molecular formula is C7H12N2O3. The minimum atomic E-state index is -0.563. The molecule has 2 amide bonds. The lowest BCUT2D eigenvalue weighted by Crippen LogP contribution is -2.31. The molecule has 1 rings (SSSR count). The molecule has 0 aromatic rings. The van der Waals surface area contributed by atoms with Gasteiger partial charge in [-0.3, -0.25) is 4.79 Å². The first-order valence-electron chi connectivity index (χ1n) is 3.75. The van der Waals surface area contributed by atoms with Crippen LogP contribution in [0.25, 0.3) is 0 Å². The van der Waals surface area contributed by atoms with Gasteiger partial charge in [0.25, 0.3) is 0 Å². The summed E-state index contributed by atoms with van der Waals surface area (Å²) < 4.78 is 4.73. The number of rotatable bonds is 3. The smallest absolute Gasteiger partial charge is 0.406 e. The molecule has 5 nitrogen and oxygen atoms in total. The molecule has 12 heavy (non-hydrogen) atoms. The highest BCUT2D eigenvalue weighted by atomic mass is 16.5. The van der Waals surface area contributed by atoms with Crippen molar-refractivity contribution in [1.82, 2.24) is 5.32 Å². The average Bonchev–Trinajstić information content (AvgIpc) is 2.81. The Morgan fingerprint density at radius 3 is 2.50 bits per heavy atom. The summed E-state index contributed by atoms with van der Waals surface area (Å²) in [5, 5.41) is 2.29. The summed E-state index contributed by atoms with van der Waals surface area (Å²) in [6.45, 7) is 0.0992. The highest BCUT2D eigenvalue weighted by molar-refractivity contribution is 5.84.